The molecule has 0 amide bonds. The fourth-order valence-electron chi connectivity index (χ4n) is 0.706. The van der Waals surface area contributed by atoms with Gasteiger partial charge in [0.25, 0.3) is 0 Å². The van der Waals surface area contributed by atoms with Crippen molar-refractivity contribution >= 4 is 0 Å². The summed E-state index contributed by atoms with van der Waals surface area (Å²) >= 11 is 0. The highest BCUT2D eigenvalue weighted by atomic mass is 16.3. The van der Waals surface area contributed by atoms with Gasteiger partial charge in [0.1, 0.15) is 5.76 Å². The van der Waals surface area contributed by atoms with Gasteiger partial charge < -0.3 is 4.42 Å². The molecule has 0 fully saturated rings. The molecule has 43 valence electrons. The summed E-state index contributed by atoms with van der Waals surface area (Å²) in [6.07, 6.45) is 2.57. The largest absolute Gasteiger partial charge is 0.468 e. The van der Waals surface area contributed by atoms with E-state index < -0.39 is 0 Å². The third-order valence-corrected chi connectivity index (χ3v) is 1.22. The van der Waals surface area contributed by atoms with Crippen LogP contribution in [-0.4, -0.2) is 0 Å². The topological polar surface area (TPSA) is 13.1 Å². The van der Waals surface area contributed by atoms with Crippen molar-refractivity contribution in [3.05, 3.63) is 23.7 Å². The van der Waals surface area contributed by atoms with Crippen molar-refractivity contribution in [3.8, 4) is 0 Å². The maximum absolute atomic E-state index is 5.06. The van der Waals surface area contributed by atoms with Gasteiger partial charge in [-0.2, -0.15) is 0 Å². The summed E-state index contributed by atoms with van der Waals surface area (Å²) < 4.78 is 5.06. The molecule has 0 aromatic carbocycles. The summed E-state index contributed by atoms with van der Waals surface area (Å²) in [6.45, 7) is 4.07. The molecule has 1 aromatic rings. The maximum atomic E-state index is 5.06. The van der Waals surface area contributed by atoms with Crippen LogP contribution in [0.1, 0.15) is 18.2 Å². The van der Waals surface area contributed by atoms with Crippen LogP contribution in [-0.2, 0) is 6.42 Å². The Morgan fingerprint density at radius 2 is 2.50 bits per heavy atom. The smallest absolute Gasteiger partial charge is 0.107 e. The summed E-state index contributed by atoms with van der Waals surface area (Å²) in [5.74, 6) is 1.05. The molecule has 0 N–H and O–H groups in total. The molecule has 0 saturated heterocycles. The second kappa shape index (κ2) is 2.03. The zero-order chi connectivity index (χ0) is 5.98. The fourth-order valence-corrected chi connectivity index (χ4v) is 0.706. The Labute approximate surface area is 49.3 Å². The van der Waals surface area contributed by atoms with Gasteiger partial charge in [-0.25, -0.2) is 0 Å². The lowest BCUT2D eigenvalue weighted by Crippen LogP contribution is -1.75. The van der Waals surface area contributed by atoms with E-state index in [1.54, 1.807) is 6.26 Å². The number of furan rings is 1. The van der Waals surface area contributed by atoms with E-state index in [4.69, 9.17) is 4.42 Å². The van der Waals surface area contributed by atoms with Crippen LogP contribution in [0.4, 0.5) is 0 Å². The monoisotopic (exact) mass is 109 g/mol. The van der Waals surface area contributed by atoms with Gasteiger partial charge in [-0.05, 0) is 12.5 Å². The van der Waals surface area contributed by atoms with E-state index in [2.05, 4.69) is 13.0 Å². The van der Waals surface area contributed by atoms with Gasteiger partial charge in [-0.1, -0.05) is 6.92 Å². The molecule has 0 saturated carbocycles. The van der Waals surface area contributed by atoms with Crippen LogP contribution in [0.25, 0.3) is 0 Å². The average Bonchev–Trinajstić information content (AvgIpc) is 2.14. The van der Waals surface area contributed by atoms with Gasteiger partial charge in [-0.15, -0.1) is 0 Å². The molecule has 0 spiro atoms. The molecular weight excluding hydrogens is 100 g/mol. The van der Waals surface area contributed by atoms with Crippen LogP contribution in [0, 0.1) is 13.0 Å². The lowest BCUT2D eigenvalue weighted by atomic mass is 10.2. The molecule has 0 bridgehead atoms. The zero-order valence-corrected chi connectivity index (χ0v) is 5.19. The van der Waals surface area contributed by atoms with Crippen LogP contribution >= 0.6 is 0 Å². The van der Waals surface area contributed by atoms with Crippen molar-refractivity contribution in [3.63, 3.8) is 0 Å². The average molecular weight is 109 g/mol. The van der Waals surface area contributed by atoms with E-state index in [1.807, 2.05) is 6.92 Å². The standard InChI is InChI=1S/C7H9O/c1-3-7-6(2)4-5-8-7/h5H,3H2,1-2H3. The minimum absolute atomic E-state index is 0.968. The second-order valence-electron chi connectivity index (χ2n) is 1.78. The summed E-state index contributed by atoms with van der Waals surface area (Å²) in [6, 6.07) is 2.95. The van der Waals surface area contributed by atoms with Crippen LogP contribution < -0.4 is 0 Å². The summed E-state index contributed by atoms with van der Waals surface area (Å²) in [4.78, 5) is 0. The number of rotatable bonds is 1. The van der Waals surface area contributed by atoms with Gasteiger partial charge in [-0.3, -0.25) is 0 Å². The van der Waals surface area contributed by atoms with Crippen molar-refractivity contribution in [1.82, 2.24) is 0 Å². The molecule has 0 atom stereocenters. The fraction of sp³-hybridized carbons (Fsp3) is 0.429. The van der Waals surface area contributed by atoms with Gasteiger partial charge >= 0.3 is 0 Å². The number of aryl methyl sites for hydroxylation is 2. The molecular formula is C7H9O. The van der Waals surface area contributed by atoms with Crippen molar-refractivity contribution in [1.29, 1.82) is 0 Å². The van der Waals surface area contributed by atoms with Crippen molar-refractivity contribution in [2.45, 2.75) is 20.3 Å². The van der Waals surface area contributed by atoms with Crippen LogP contribution in [0.15, 0.2) is 10.7 Å². The first kappa shape index (κ1) is 5.42. The van der Waals surface area contributed by atoms with E-state index in [9.17, 15) is 0 Å². The lowest BCUT2D eigenvalue weighted by Gasteiger charge is -1.86. The minimum atomic E-state index is 0.968. The normalized spacial score (nSPS) is 9.75. The first-order valence-electron chi connectivity index (χ1n) is 2.79. The minimum Gasteiger partial charge on any atom is -0.468 e. The van der Waals surface area contributed by atoms with Crippen LogP contribution in [0.5, 0.6) is 0 Å². The molecule has 0 aliphatic heterocycles. The Morgan fingerprint density at radius 3 is 2.75 bits per heavy atom. The Morgan fingerprint density at radius 1 is 1.75 bits per heavy atom. The van der Waals surface area contributed by atoms with E-state index >= 15 is 0 Å². The Balaban J connectivity index is 2.92. The van der Waals surface area contributed by atoms with Crippen molar-refractivity contribution in [2.24, 2.45) is 0 Å². The Kier molecular flexibility index (Phi) is 1.38. The van der Waals surface area contributed by atoms with Gasteiger partial charge in [0.2, 0.25) is 0 Å². The molecule has 1 rings (SSSR count). The van der Waals surface area contributed by atoms with Gasteiger partial charge in [0.15, 0.2) is 0 Å². The first-order chi connectivity index (χ1) is 3.84. The third kappa shape index (κ3) is 0.760. The summed E-state index contributed by atoms with van der Waals surface area (Å²) in [5, 5.41) is 0. The summed E-state index contributed by atoms with van der Waals surface area (Å²) in [5.41, 5.74) is 1.13. The predicted molar refractivity (Wildman–Crippen MR) is 31.7 cm³/mol. The zero-order valence-electron chi connectivity index (χ0n) is 5.19. The van der Waals surface area contributed by atoms with Crippen LogP contribution in [0.2, 0.25) is 0 Å². The third-order valence-electron chi connectivity index (χ3n) is 1.22. The van der Waals surface area contributed by atoms with E-state index in [0.29, 0.717) is 0 Å². The SMILES string of the molecule is CCc1oc[c]c1C. The maximum Gasteiger partial charge on any atom is 0.107 e. The van der Waals surface area contributed by atoms with Crippen LogP contribution in [0.3, 0.4) is 0 Å². The van der Waals surface area contributed by atoms with E-state index in [-0.39, 0.29) is 0 Å². The van der Waals surface area contributed by atoms with Gasteiger partial charge in [0.05, 0.1) is 6.26 Å². The Bertz CT molecular complexity index is 165. The highest BCUT2D eigenvalue weighted by Crippen LogP contribution is 2.06. The molecule has 0 aliphatic rings. The predicted octanol–water partition coefficient (Wildman–Crippen LogP) is 1.95. The molecule has 1 nitrogen and oxygen atoms in total. The lowest BCUT2D eigenvalue weighted by molar-refractivity contribution is 0.513. The Hall–Kier alpha value is -0.720. The molecule has 0 aliphatic carbocycles. The first-order valence-corrected chi connectivity index (χ1v) is 2.79. The van der Waals surface area contributed by atoms with Crippen molar-refractivity contribution in [2.75, 3.05) is 0 Å². The highest BCUT2D eigenvalue weighted by Gasteiger charge is 1.95. The molecule has 1 radical (unpaired) electrons. The second-order valence-corrected chi connectivity index (χ2v) is 1.78. The highest BCUT2D eigenvalue weighted by molar-refractivity contribution is 5.12. The van der Waals surface area contributed by atoms with E-state index in [0.717, 1.165) is 17.7 Å². The molecule has 1 heteroatoms. The number of hydrogen-bond acceptors (Lipinski definition) is 1. The molecule has 1 heterocycles. The quantitative estimate of drug-likeness (QED) is 0.537. The van der Waals surface area contributed by atoms with Gasteiger partial charge in [0, 0.05) is 12.5 Å². The molecule has 1 aromatic heterocycles. The summed E-state index contributed by atoms with van der Waals surface area (Å²) in [7, 11) is 0. The number of hydrogen-bond donors (Lipinski definition) is 0. The van der Waals surface area contributed by atoms with Crippen molar-refractivity contribution < 1.29 is 4.42 Å². The molecule has 8 heavy (non-hydrogen) atoms. The van der Waals surface area contributed by atoms with E-state index in [1.165, 1.54) is 0 Å². The molecule has 0 unspecified atom stereocenters.